The zero-order valence-electron chi connectivity index (χ0n) is 22.7. The highest BCUT2D eigenvalue weighted by Crippen LogP contribution is 2.39. The van der Waals surface area contributed by atoms with E-state index < -0.39 is 0 Å². The minimum Gasteiger partial charge on any atom is -0.0720 e. The average molecular weight is 521 g/mol. The lowest BCUT2D eigenvalue weighted by Crippen LogP contribution is -2.19. The minimum atomic E-state index is 0.160. The maximum Gasteiger partial charge on any atom is 0.0291 e. The highest BCUT2D eigenvalue weighted by atomic mass is 14.3. The summed E-state index contributed by atoms with van der Waals surface area (Å²) in [6, 6.07) is 52.9. The van der Waals surface area contributed by atoms with Crippen molar-refractivity contribution in [3.05, 3.63) is 206 Å². The van der Waals surface area contributed by atoms with Crippen molar-refractivity contribution in [1.29, 1.82) is 0 Å². The summed E-state index contributed by atoms with van der Waals surface area (Å²) in [7, 11) is 0. The number of rotatable bonds is 4. The number of hydrogen-bond donors (Lipinski definition) is 0. The van der Waals surface area contributed by atoms with E-state index in [1.165, 1.54) is 71.0 Å². The third-order valence-corrected chi connectivity index (χ3v) is 8.54. The molecule has 8 rings (SSSR count). The second kappa shape index (κ2) is 9.77. The lowest BCUT2D eigenvalue weighted by molar-refractivity contribution is 1.03. The van der Waals surface area contributed by atoms with Crippen LogP contribution in [-0.2, 0) is 0 Å². The summed E-state index contributed by atoms with van der Waals surface area (Å²) >= 11 is 0. The molecule has 0 saturated carbocycles. The monoisotopic (exact) mass is 520 g/mol. The highest BCUT2D eigenvalue weighted by Gasteiger charge is 2.25. The molecule has 1 atom stereocenters. The van der Waals surface area contributed by atoms with Crippen molar-refractivity contribution in [2.45, 2.75) is 5.92 Å². The van der Waals surface area contributed by atoms with E-state index in [-0.39, 0.29) is 5.92 Å². The van der Waals surface area contributed by atoms with Crippen LogP contribution in [0, 0.1) is 10.4 Å². The number of hydrogen-bond acceptors (Lipinski definition) is 0. The lowest BCUT2D eigenvalue weighted by Gasteiger charge is -2.19. The molecule has 0 aromatic heterocycles. The molecular weight excluding hydrogens is 492 g/mol. The maximum atomic E-state index is 2.41. The van der Waals surface area contributed by atoms with E-state index in [1.54, 1.807) is 0 Å². The van der Waals surface area contributed by atoms with Gasteiger partial charge in [0.1, 0.15) is 0 Å². The molecule has 0 saturated heterocycles. The topological polar surface area (TPSA) is 0 Å². The molecule has 2 aliphatic rings. The van der Waals surface area contributed by atoms with E-state index in [9.17, 15) is 0 Å². The van der Waals surface area contributed by atoms with E-state index in [0.29, 0.717) is 0 Å². The molecular formula is C41H28. The van der Waals surface area contributed by atoms with Crippen LogP contribution in [0.5, 0.6) is 0 Å². The first kappa shape index (κ1) is 23.7. The molecule has 0 N–H and O–H groups in total. The molecule has 0 radical (unpaired) electrons. The highest BCUT2D eigenvalue weighted by molar-refractivity contribution is 5.82. The van der Waals surface area contributed by atoms with Crippen molar-refractivity contribution in [3.8, 4) is 11.1 Å². The summed E-state index contributed by atoms with van der Waals surface area (Å²) in [6.45, 7) is 0. The van der Waals surface area contributed by atoms with Crippen LogP contribution in [0.3, 0.4) is 0 Å². The molecule has 0 heteroatoms. The van der Waals surface area contributed by atoms with Crippen molar-refractivity contribution in [2.24, 2.45) is 0 Å². The van der Waals surface area contributed by atoms with Crippen LogP contribution in [0.1, 0.15) is 39.3 Å². The molecule has 6 aromatic rings. The van der Waals surface area contributed by atoms with Gasteiger partial charge in [-0.1, -0.05) is 152 Å². The van der Waals surface area contributed by atoms with Gasteiger partial charge in [-0.3, -0.25) is 0 Å². The summed E-state index contributed by atoms with van der Waals surface area (Å²) in [5.74, 6) is 0.160. The standard InChI is InChI=1S/C41H28/c1-4-12-28(13-5-1)31-20-22-35-33(26-31)21-23-37(35)41-38(25-24-36-34-19-11-10-18-32(34)27-39(36)41)40(29-14-6-2-7-15-29)30-16-8-3-9-17-30/h1-27,37H. The first-order valence-corrected chi connectivity index (χ1v) is 14.3. The van der Waals surface area contributed by atoms with Gasteiger partial charge in [-0.2, -0.15) is 0 Å². The molecule has 2 aliphatic carbocycles. The number of allylic oxidation sites excluding steroid dienone is 1. The van der Waals surface area contributed by atoms with Crippen molar-refractivity contribution in [2.75, 3.05) is 0 Å². The van der Waals surface area contributed by atoms with Gasteiger partial charge in [0.25, 0.3) is 0 Å². The second-order valence-corrected chi connectivity index (χ2v) is 10.9. The van der Waals surface area contributed by atoms with E-state index in [1.807, 2.05) is 0 Å². The van der Waals surface area contributed by atoms with Gasteiger partial charge in [-0.05, 0) is 83.1 Å². The molecule has 0 nitrogen and oxygen atoms in total. The Morgan fingerprint density at radius 2 is 1.17 bits per heavy atom. The Kier molecular flexibility index (Phi) is 5.64. The Labute approximate surface area is 240 Å². The molecule has 6 aromatic carbocycles. The molecule has 0 amide bonds. The van der Waals surface area contributed by atoms with Gasteiger partial charge in [0.2, 0.25) is 0 Å². The molecule has 41 heavy (non-hydrogen) atoms. The van der Waals surface area contributed by atoms with Crippen LogP contribution in [0.4, 0.5) is 0 Å². The van der Waals surface area contributed by atoms with Gasteiger partial charge in [0, 0.05) is 5.92 Å². The van der Waals surface area contributed by atoms with Gasteiger partial charge in [0.05, 0.1) is 0 Å². The Morgan fingerprint density at radius 3 is 1.90 bits per heavy atom. The van der Waals surface area contributed by atoms with E-state index in [4.69, 9.17) is 0 Å². The van der Waals surface area contributed by atoms with Crippen LogP contribution in [0.2, 0.25) is 0 Å². The largest absolute Gasteiger partial charge is 0.0720 e. The van der Waals surface area contributed by atoms with E-state index in [2.05, 4.69) is 164 Å². The first-order valence-electron chi connectivity index (χ1n) is 14.3. The molecule has 0 aliphatic heterocycles. The molecule has 0 bridgehead atoms. The smallest absolute Gasteiger partial charge is 0.0291 e. The summed E-state index contributed by atoms with van der Waals surface area (Å²) in [5.41, 5.74) is 11.6. The van der Waals surface area contributed by atoms with Crippen LogP contribution in [0.15, 0.2) is 152 Å². The summed E-state index contributed by atoms with van der Waals surface area (Å²) in [5, 5.41) is 5.23. The van der Waals surface area contributed by atoms with Gasteiger partial charge >= 0.3 is 0 Å². The van der Waals surface area contributed by atoms with Crippen LogP contribution in [-0.4, -0.2) is 0 Å². The van der Waals surface area contributed by atoms with Crippen LogP contribution >= 0.6 is 0 Å². The fourth-order valence-corrected chi connectivity index (χ4v) is 6.66. The average Bonchev–Trinajstić information content (AvgIpc) is 3.64. The van der Waals surface area contributed by atoms with Crippen LogP contribution in [0.25, 0.3) is 28.9 Å². The predicted octanol–water partition coefficient (Wildman–Crippen LogP) is 8.19. The summed E-state index contributed by atoms with van der Waals surface area (Å²) in [4.78, 5) is 0. The van der Waals surface area contributed by atoms with Gasteiger partial charge in [-0.25, -0.2) is 0 Å². The second-order valence-electron chi connectivity index (χ2n) is 10.9. The van der Waals surface area contributed by atoms with Gasteiger partial charge in [0.15, 0.2) is 0 Å². The number of benzene rings is 6. The van der Waals surface area contributed by atoms with E-state index in [0.717, 1.165) is 0 Å². The SMILES string of the molecule is C1=CC(c2c3c(ccc2=C(c2ccccc2)c2ccccc2)=c2ccccc2=C3)c2ccc(-c3ccccc3)cc21. The maximum absolute atomic E-state index is 2.41. The van der Waals surface area contributed by atoms with Crippen molar-refractivity contribution in [1.82, 2.24) is 0 Å². The summed E-state index contributed by atoms with van der Waals surface area (Å²) in [6.07, 6.45) is 7.13. The lowest BCUT2D eigenvalue weighted by atomic mass is 9.83. The minimum absolute atomic E-state index is 0.160. The summed E-state index contributed by atoms with van der Waals surface area (Å²) < 4.78 is 0. The normalized spacial score (nSPS) is 14.2. The Hall–Kier alpha value is -5.20. The fourth-order valence-electron chi connectivity index (χ4n) is 6.66. The Bertz CT molecular complexity index is 2130. The molecule has 0 fully saturated rings. The third kappa shape index (κ3) is 4.00. The third-order valence-electron chi connectivity index (χ3n) is 8.54. The number of fused-ring (bicyclic) bond motifs is 3. The van der Waals surface area contributed by atoms with Crippen molar-refractivity contribution >= 4 is 17.7 Å². The molecule has 192 valence electrons. The molecule has 0 spiro atoms. The first-order chi connectivity index (χ1) is 20.3. The predicted molar refractivity (Wildman–Crippen MR) is 171 cm³/mol. The van der Waals surface area contributed by atoms with Crippen molar-refractivity contribution < 1.29 is 0 Å². The van der Waals surface area contributed by atoms with Gasteiger partial charge in [-0.15, -0.1) is 0 Å². The molecule has 1 unspecified atom stereocenters. The molecule has 0 heterocycles. The zero-order chi connectivity index (χ0) is 27.2. The van der Waals surface area contributed by atoms with E-state index >= 15 is 0 Å². The van der Waals surface area contributed by atoms with Crippen molar-refractivity contribution in [3.63, 3.8) is 0 Å². The zero-order valence-corrected chi connectivity index (χ0v) is 22.7. The fraction of sp³-hybridized carbons (Fsp3) is 0.0244. The Balaban J connectivity index is 1.45. The quantitative estimate of drug-likeness (QED) is 0.219. The van der Waals surface area contributed by atoms with Gasteiger partial charge < -0.3 is 0 Å². The van der Waals surface area contributed by atoms with Crippen LogP contribution < -0.4 is 10.4 Å². The Morgan fingerprint density at radius 1 is 0.512 bits per heavy atom.